The summed E-state index contributed by atoms with van der Waals surface area (Å²) in [4.78, 5) is 0. The van der Waals surface area contributed by atoms with Crippen LogP contribution >= 0.6 is 23.2 Å². The molecule has 0 aromatic heterocycles. The zero-order chi connectivity index (χ0) is 5.21. The molecular weight excluding hydrogens is 162 g/mol. The van der Waals surface area contributed by atoms with E-state index >= 15 is 0 Å². The molecular formula is C2H6Cl2KN2. The Bertz CT molecular complexity index is 43.4. The molecule has 0 rings (SSSR count). The van der Waals surface area contributed by atoms with E-state index in [1.807, 2.05) is 0 Å². The van der Waals surface area contributed by atoms with Crippen LogP contribution in [-0.4, -0.2) is 56.5 Å². The fourth-order valence-electron chi connectivity index (χ4n) is 0. The Hall–Kier alpha value is 2.14. The molecule has 0 saturated carbocycles. The van der Waals surface area contributed by atoms with Crippen LogP contribution in [0.15, 0.2) is 0 Å². The Kier molecular flexibility index (Phi) is 8.42. The molecule has 0 fully saturated rings. The number of rotatable bonds is 1. The normalized spacial score (nSPS) is 10.3. The first-order valence-corrected chi connectivity index (χ1v) is 2.09. The van der Waals surface area contributed by atoms with E-state index in [1.54, 1.807) is 0 Å². The summed E-state index contributed by atoms with van der Waals surface area (Å²) >= 11 is 10.1. The van der Waals surface area contributed by atoms with E-state index in [4.69, 9.17) is 34.7 Å². The van der Waals surface area contributed by atoms with Crippen LogP contribution in [0.4, 0.5) is 0 Å². The van der Waals surface area contributed by atoms with Gasteiger partial charge in [-0.15, -0.1) is 11.6 Å². The van der Waals surface area contributed by atoms with Gasteiger partial charge in [-0.2, -0.15) is 0 Å². The second kappa shape index (κ2) is 4.96. The maximum atomic E-state index is 5.09. The number of alkyl halides is 1. The predicted octanol–water partition coefficient (Wildman–Crippen LogP) is -0.452. The Morgan fingerprint density at radius 2 is 1.57 bits per heavy atom. The molecule has 39 valence electrons. The summed E-state index contributed by atoms with van der Waals surface area (Å²) in [6.45, 7) is 0. The average Bonchev–Trinajstić information content (AvgIpc) is 1.35. The molecule has 4 N–H and O–H groups in total. The number of nitrogens with two attached hydrogens (primary N) is 2. The quantitative estimate of drug-likeness (QED) is 0.241. The molecule has 1 radical (unpaired) electrons. The fourth-order valence-corrected chi connectivity index (χ4v) is 0. The average molecular weight is 168 g/mol. The van der Waals surface area contributed by atoms with Gasteiger partial charge in [0.05, 0.1) is 5.88 Å². The molecule has 0 aromatic carbocycles. The van der Waals surface area contributed by atoms with Crippen LogP contribution in [0.1, 0.15) is 0 Å². The monoisotopic (exact) mass is 167 g/mol. The second-order valence-corrected chi connectivity index (χ2v) is 1.81. The summed E-state index contributed by atoms with van der Waals surface area (Å²) in [6.07, 6.45) is 0. The topological polar surface area (TPSA) is 52.0 Å². The summed E-state index contributed by atoms with van der Waals surface area (Å²) < 4.78 is 0. The molecule has 0 heterocycles. The van der Waals surface area contributed by atoms with Crippen LogP contribution < -0.4 is 11.5 Å². The molecule has 0 bridgehead atoms. The molecule has 2 nitrogen and oxygen atoms in total. The van der Waals surface area contributed by atoms with Crippen molar-refractivity contribution in [3.63, 3.8) is 0 Å². The van der Waals surface area contributed by atoms with E-state index in [-0.39, 0.29) is 51.4 Å². The summed E-state index contributed by atoms with van der Waals surface area (Å²) in [5.41, 5.74) is 9.78. The molecule has 0 aliphatic carbocycles. The van der Waals surface area contributed by atoms with Gasteiger partial charge in [-0.3, -0.25) is 11.5 Å². The SMILES string of the molecule is NC(N)(Cl)[CH]Cl.[KH]. The van der Waals surface area contributed by atoms with Crippen LogP contribution in [0, 0.1) is 5.88 Å². The summed E-state index contributed by atoms with van der Waals surface area (Å²) in [5.74, 6) is 0.981. The molecule has 0 saturated heterocycles. The van der Waals surface area contributed by atoms with E-state index in [9.17, 15) is 0 Å². The van der Waals surface area contributed by atoms with Gasteiger partial charge in [-0.1, -0.05) is 11.6 Å². The van der Waals surface area contributed by atoms with Gasteiger partial charge in [0.25, 0.3) is 0 Å². The summed E-state index contributed by atoms with van der Waals surface area (Å²) in [6, 6.07) is 0. The number of hydrogen-bond acceptors (Lipinski definition) is 2. The van der Waals surface area contributed by atoms with Gasteiger partial charge in [-0.25, -0.2) is 0 Å². The van der Waals surface area contributed by atoms with Crippen molar-refractivity contribution >= 4 is 74.6 Å². The molecule has 7 heavy (non-hydrogen) atoms. The minimum atomic E-state index is -1.35. The molecule has 0 aliphatic heterocycles. The van der Waals surface area contributed by atoms with Crippen LogP contribution in [0.2, 0.25) is 0 Å². The molecule has 0 unspecified atom stereocenters. The Morgan fingerprint density at radius 3 is 1.57 bits per heavy atom. The zero-order valence-electron chi connectivity index (χ0n) is 2.99. The van der Waals surface area contributed by atoms with Crippen molar-refractivity contribution in [1.82, 2.24) is 0 Å². The van der Waals surface area contributed by atoms with Crippen LogP contribution in [0.3, 0.4) is 0 Å². The first kappa shape index (κ1) is 11.9. The maximum absolute atomic E-state index is 5.09. The van der Waals surface area contributed by atoms with E-state index in [0.29, 0.717) is 0 Å². The van der Waals surface area contributed by atoms with Gasteiger partial charge in [0.1, 0.15) is 0 Å². The standard InChI is InChI=1S/C2H5Cl2N2.K.H/c3-1-2(4,5)6;;/h1H,5-6H2;;. The van der Waals surface area contributed by atoms with Crippen molar-refractivity contribution in [1.29, 1.82) is 0 Å². The van der Waals surface area contributed by atoms with Gasteiger partial charge in [0.15, 0.2) is 5.12 Å². The Balaban J connectivity index is 0. The third kappa shape index (κ3) is 11.6. The van der Waals surface area contributed by atoms with Gasteiger partial charge < -0.3 is 0 Å². The number of halogens is 2. The van der Waals surface area contributed by atoms with Gasteiger partial charge in [-0.05, 0) is 0 Å². The summed E-state index contributed by atoms with van der Waals surface area (Å²) in [7, 11) is 0. The first-order valence-electron chi connectivity index (χ1n) is 1.27. The van der Waals surface area contributed by atoms with Gasteiger partial charge in [0.2, 0.25) is 0 Å². The van der Waals surface area contributed by atoms with E-state index < -0.39 is 5.12 Å². The number of hydrogen-bond donors (Lipinski definition) is 2. The second-order valence-electron chi connectivity index (χ2n) is 0.936. The van der Waals surface area contributed by atoms with E-state index in [2.05, 4.69) is 0 Å². The van der Waals surface area contributed by atoms with Crippen molar-refractivity contribution in [3.8, 4) is 0 Å². The van der Waals surface area contributed by atoms with Crippen LogP contribution in [-0.2, 0) is 0 Å². The van der Waals surface area contributed by atoms with Crippen molar-refractivity contribution in [3.05, 3.63) is 5.88 Å². The Morgan fingerprint density at radius 1 is 1.43 bits per heavy atom. The van der Waals surface area contributed by atoms with Crippen LogP contribution in [0.5, 0.6) is 0 Å². The zero-order valence-corrected chi connectivity index (χ0v) is 4.50. The van der Waals surface area contributed by atoms with E-state index in [0.717, 1.165) is 5.88 Å². The Labute approximate surface area is 95.3 Å². The van der Waals surface area contributed by atoms with E-state index in [1.165, 1.54) is 0 Å². The molecule has 0 spiro atoms. The minimum absolute atomic E-state index is 0. The third-order valence-corrected chi connectivity index (χ3v) is 0.749. The van der Waals surface area contributed by atoms with Gasteiger partial charge in [0, 0.05) is 0 Å². The van der Waals surface area contributed by atoms with Crippen molar-refractivity contribution in [2.75, 3.05) is 0 Å². The fraction of sp³-hybridized carbons (Fsp3) is 0.500. The third-order valence-electron chi connectivity index (χ3n) is 0.167. The van der Waals surface area contributed by atoms with Crippen molar-refractivity contribution < 1.29 is 0 Å². The van der Waals surface area contributed by atoms with Gasteiger partial charge >= 0.3 is 51.4 Å². The first-order chi connectivity index (χ1) is 2.56. The van der Waals surface area contributed by atoms with Crippen LogP contribution in [0.25, 0.3) is 0 Å². The van der Waals surface area contributed by atoms with Crippen molar-refractivity contribution in [2.24, 2.45) is 11.5 Å². The molecule has 0 amide bonds. The summed E-state index contributed by atoms with van der Waals surface area (Å²) in [5, 5.41) is -1.35. The predicted molar refractivity (Wildman–Crippen MR) is 34.3 cm³/mol. The van der Waals surface area contributed by atoms with Crippen molar-refractivity contribution in [2.45, 2.75) is 5.12 Å². The molecule has 0 aliphatic rings. The molecule has 0 aromatic rings. The molecule has 5 heteroatoms. The molecule has 0 atom stereocenters.